The summed E-state index contributed by atoms with van der Waals surface area (Å²) < 4.78 is 0. The highest BCUT2D eigenvalue weighted by molar-refractivity contribution is 5.87. The van der Waals surface area contributed by atoms with E-state index >= 15 is 0 Å². The van der Waals surface area contributed by atoms with Gasteiger partial charge < -0.3 is 10.2 Å². The molecule has 2 amide bonds. The van der Waals surface area contributed by atoms with E-state index in [0.717, 1.165) is 11.3 Å². The first-order valence-electron chi connectivity index (χ1n) is 7.36. The maximum atomic E-state index is 11.5. The molecule has 6 heteroatoms. The number of rotatable bonds is 8. The van der Waals surface area contributed by atoms with E-state index < -0.39 is 5.91 Å². The zero-order valence-electron chi connectivity index (χ0n) is 13.5. The molecule has 1 aromatic rings. The Morgan fingerprint density at radius 3 is 2.48 bits per heavy atom. The molecular formula is C17H23N3O3. The van der Waals surface area contributed by atoms with Gasteiger partial charge in [-0.15, -0.1) is 0 Å². The van der Waals surface area contributed by atoms with E-state index in [9.17, 15) is 9.59 Å². The maximum Gasteiger partial charge on any atom is 0.243 e. The van der Waals surface area contributed by atoms with Crippen LogP contribution in [0.1, 0.15) is 18.4 Å². The first-order valence-corrected chi connectivity index (χ1v) is 7.36. The molecule has 6 nitrogen and oxygen atoms in total. The number of carbonyl (C=O) groups is 2. The molecular weight excluding hydrogens is 294 g/mol. The quantitative estimate of drug-likeness (QED) is 0.224. The monoisotopic (exact) mass is 317 g/mol. The van der Waals surface area contributed by atoms with E-state index in [2.05, 4.69) is 5.32 Å². The molecule has 0 aliphatic rings. The van der Waals surface area contributed by atoms with E-state index in [1.807, 2.05) is 49.3 Å². The van der Waals surface area contributed by atoms with Gasteiger partial charge in [0.2, 0.25) is 11.8 Å². The van der Waals surface area contributed by atoms with Crippen molar-refractivity contribution in [2.45, 2.75) is 12.8 Å². The van der Waals surface area contributed by atoms with E-state index in [1.54, 1.807) is 17.6 Å². The van der Waals surface area contributed by atoms with Crippen molar-refractivity contribution in [3.05, 3.63) is 48.1 Å². The Morgan fingerprint density at radius 1 is 1.17 bits per heavy atom. The normalized spacial score (nSPS) is 10.9. The number of hydrogen-bond acceptors (Lipinski definition) is 4. The van der Waals surface area contributed by atoms with Crippen molar-refractivity contribution in [3.63, 3.8) is 0 Å². The highest BCUT2D eigenvalue weighted by Gasteiger charge is 1.99. The van der Waals surface area contributed by atoms with Crippen molar-refractivity contribution in [1.82, 2.24) is 10.8 Å². The topological polar surface area (TPSA) is 81.7 Å². The van der Waals surface area contributed by atoms with E-state index in [4.69, 9.17) is 5.21 Å². The van der Waals surface area contributed by atoms with Crippen LogP contribution in [0.5, 0.6) is 0 Å². The third-order valence-electron chi connectivity index (χ3n) is 3.06. The number of hydroxylamine groups is 1. The number of benzene rings is 1. The average molecular weight is 317 g/mol. The van der Waals surface area contributed by atoms with Gasteiger partial charge >= 0.3 is 0 Å². The summed E-state index contributed by atoms with van der Waals surface area (Å²) in [5, 5.41) is 11.0. The van der Waals surface area contributed by atoms with E-state index in [0.29, 0.717) is 13.0 Å². The minimum atomic E-state index is -0.460. The lowest BCUT2D eigenvalue weighted by molar-refractivity contribution is -0.129. The van der Waals surface area contributed by atoms with Gasteiger partial charge in [0.25, 0.3) is 0 Å². The van der Waals surface area contributed by atoms with Crippen molar-refractivity contribution in [3.8, 4) is 0 Å². The fourth-order valence-electron chi connectivity index (χ4n) is 1.77. The lowest BCUT2D eigenvalue weighted by Crippen LogP contribution is -2.24. The van der Waals surface area contributed by atoms with Crippen LogP contribution in [0.25, 0.3) is 6.08 Å². The van der Waals surface area contributed by atoms with Gasteiger partial charge in [0, 0.05) is 38.8 Å². The zero-order valence-corrected chi connectivity index (χ0v) is 13.5. The van der Waals surface area contributed by atoms with Crippen LogP contribution in [0.4, 0.5) is 5.69 Å². The number of allylic oxidation sites excluding steroid dienone is 2. The molecule has 0 aromatic heterocycles. The molecule has 0 bridgehead atoms. The standard InChI is InChI=1S/C17H23N3O3/c1-20(2)15-11-9-14(10-12-15)6-3-4-7-16(21)18-13-5-8-17(22)19-23/h3-4,6-7,9-12,23H,5,8,13H2,1-2H3,(H,18,21)(H,19,22)/b6-3+,7-4+. The minimum Gasteiger partial charge on any atom is -0.378 e. The van der Waals surface area contributed by atoms with Crippen LogP contribution < -0.4 is 15.7 Å². The number of anilines is 1. The first kappa shape index (κ1) is 18.4. The summed E-state index contributed by atoms with van der Waals surface area (Å²) in [7, 11) is 3.98. The summed E-state index contributed by atoms with van der Waals surface area (Å²) in [6, 6.07) is 8.06. The van der Waals surface area contributed by atoms with Crippen molar-refractivity contribution in [2.24, 2.45) is 0 Å². The highest BCUT2D eigenvalue weighted by atomic mass is 16.5. The van der Waals surface area contributed by atoms with Crippen LogP contribution in [0.2, 0.25) is 0 Å². The van der Waals surface area contributed by atoms with E-state index in [1.165, 1.54) is 6.08 Å². The second kappa shape index (κ2) is 10.2. The molecule has 0 atom stereocenters. The number of carbonyl (C=O) groups excluding carboxylic acids is 2. The van der Waals surface area contributed by atoms with Crippen LogP contribution in [0, 0.1) is 0 Å². The number of nitrogens with zero attached hydrogens (tertiary/aromatic N) is 1. The Bertz CT molecular complexity index is 563. The van der Waals surface area contributed by atoms with E-state index in [-0.39, 0.29) is 12.3 Å². The second-order valence-electron chi connectivity index (χ2n) is 5.13. The summed E-state index contributed by atoms with van der Waals surface area (Å²) >= 11 is 0. The van der Waals surface area contributed by atoms with Gasteiger partial charge in [-0.1, -0.05) is 30.4 Å². The summed E-state index contributed by atoms with van der Waals surface area (Å²) in [4.78, 5) is 24.3. The first-order chi connectivity index (χ1) is 11.0. The Kier molecular flexibility index (Phi) is 8.17. The molecule has 0 spiro atoms. The van der Waals surface area contributed by atoms with Crippen LogP contribution >= 0.6 is 0 Å². The van der Waals surface area contributed by atoms with Gasteiger partial charge in [-0.3, -0.25) is 14.8 Å². The fourth-order valence-corrected chi connectivity index (χ4v) is 1.77. The highest BCUT2D eigenvalue weighted by Crippen LogP contribution is 2.13. The molecule has 0 aliphatic carbocycles. The molecule has 0 saturated carbocycles. The molecule has 0 radical (unpaired) electrons. The van der Waals surface area contributed by atoms with Gasteiger partial charge in [-0.2, -0.15) is 0 Å². The third-order valence-corrected chi connectivity index (χ3v) is 3.06. The molecule has 0 fully saturated rings. The fraction of sp³-hybridized carbons (Fsp3) is 0.294. The number of hydrogen-bond donors (Lipinski definition) is 3. The lowest BCUT2D eigenvalue weighted by Gasteiger charge is -2.11. The predicted molar refractivity (Wildman–Crippen MR) is 91.1 cm³/mol. The van der Waals surface area contributed by atoms with Crippen molar-refractivity contribution >= 4 is 23.6 Å². The summed E-state index contributed by atoms with van der Waals surface area (Å²) in [5.41, 5.74) is 3.73. The van der Waals surface area contributed by atoms with Gasteiger partial charge in [0.1, 0.15) is 0 Å². The zero-order chi connectivity index (χ0) is 17.1. The van der Waals surface area contributed by atoms with Crippen LogP contribution in [-0.2, 0) is 9.59 Å². The van der Waals surface area contributed by atoms with Crippen LogP contribution in [0.3, 0.4) is 0 Å². The predicted octanol–water partition coefficient (Wildman–Crippen LogP) is 1.72. The van der Waals surface area contributed by atoms with Gasteiger partial charge in [-0.25, -0.2) is 5.48 Å². The minimum absolute atomic E-state index is 0.170. The van der Waals surface area contributed by atoms with Crippen molar-refractivity contribution < 1.29 is 14.8 Å². The lowest BCUT2D eigenvalue weighted by atomic mass is 10.2. The van der Waals surface area contributed by atoms with Crippen molar-refractivity contribution in [1.29, 1.82) is 0 Å². The summed E-state index contributed by atoms with van der Waals surface area (Å²) in [6.45, 7) is 0.381. The molecule has 1 rings (SSSR count). The SMILES string of the molecule is CN(C)c1ccc(/C=C/C=C/C(=O)NCCCC(=O)NO)cc1. The molecule has 23 heavy (non-hydrogen) atoms. The van der Waals surface area contributed by atoms with Crippen molar-refractivity contribution in [2.75, 3.05) is 25.5 Å². The third kappa shape index (κ3) is 7.82. The molecule has 3 N–H and O–H groups in total. The Morgan fingerprint density at radius 2 is 1.87 bits per heavy atom. The Labute approximate surface area is 136 Å². The summed E-state index contributed by atoms with van der Waals surface area (Å²) in [6.07, 6.45) is 7.44. The second-order valence-corrected chi connectivity index (χ2v) is 5.13. The van der Waals surface area contributed by atoms with Crippen LogP contribution in [-0.4, -0.2) is 37.7 Å². The number of amides is 2. The van der Waals surface area contributed by atoms with Gasteiger partial charge in [0.15, 0.2) is 0 Å². The van der Waals surface area contributed by atoms with Gasteiger partial charge in [0.05, 0.1) is 0 Å². The molecule has 1 aromatic carbocycles. The van der Waals surface area contributed by atoms with Gasteiger partial charge in [-0.05, 0) is 24.1 Å². The molecule has 0 aliphatic heterocycles. The molecule has 0 unspecified atom stereocenters. The molecule has 0 saturated heterocycles. The largest absolute Gasteiger partial charge is 0.378 e. The maximum absolute atomic E-state index is 11.5. The summed E-state index contributed by atoms with van der Waals surface area (Å²) in [5.74, 6) is -0.681. The average Bonchev–Trinajstić information content (AvgIpc) is 2.55. The molecule has 124 valence electrons. The van der Waals surface area contributed by atoms with Crippen LogP contribution in [0.15, 0.2) is 42.5 Å². The number of nitrogens with one attached hydrogen (secondary N) is 2. The molecule has 0 heterocycles. The Hall–Kier alpha value is -2.60. The smallest absolute Gasteiger partial charge is 0.243 e. The Balaban J connectivity index is 2.31.